The minimum absolute atomic E-state index is 0.0555. The van der Waals surface area contributed by atoms with Gasteiger partial charge < -0.3 is 9.47 Å². The lowest BCUT2D eigenvalue weighted by atomic mass is 10.1. The molecule has 0 aliphatic heterocycles. The van der Waals surface area contributed by atoms with Crippen LogP contribution in [-0.2, 0) is 13.0 Å². The fourth-order valence-corrected chi connectivity index (χ4v) is 2.96. The Kier molecular flexibility index (Phi) is 6.66. The van der Waals surface area contributed by atoms with Crippen molar-refractivity contribution in [3.63, 3.8) is 0 Å². The summed E-state index contributed by atoms with van der Waals surface area (Å²) in [5, 5.41) is 0.374. The molecule has 5 heteroatoms. The molecule has 0 heterocycles. The van der Waals surface area contributed by atoms with Gasteiger partial charge in [0, 0.05) is 11.8 Å². The van der Waals surface area contributed by atoms with E-state index in [1.807, 2.05) is 12.1 Å². The Morgan fingerprint density at radius 3 is 2.50 bits per heavy atom. The molecule has 28 heavy (non-hydrogen) atoms. The number of aryl methyl sites for hydroxylation is 1. The highest BCUT2D eigenvalue weighted by molar-refractivity contribution is 6.32. The Morgan fingerprint density at radius 2 is 1.82 bits per heavy atom. The number of halogens is 2. The fraction of sp³-hybridized carbons (Fsp3) is 0.174. The number of methoxy groups -OCH3 is 1. The Hall–Kier alpha value is -2.85. The standard InChI is InChI=1S/C23H21ClFNO2/c1-3-16-8-10-19(11-9-16)26-14-17-12-20(24)23(22(13-17)27-2)28-15-18-6-4-5-7-21(18)25/h4-14H,3,15H2,1-2H3. The van der Waals surface area contributed by atoms with Crippen molar-refractivity contribution < 1.29 is 13.9 Å². The van der Waals surface area contributed by atoms with Gasteiger partial charge in [-0.15, -0.1) is 0 Å². The zero-order valence-corrected chi connectivity index (χ0v) is 16.5. The van der Waals surface area contributed by atoms with Crippen LogP contribution in [-0.4, -0.2) is 13.3 Å². The number of hydrogen-bond acceptors (Lipinski definition) is 3. The molecule has 0 atom stereocenters. The molecule has 3 aromatic carbocycles. The summed E-state index contributed by atoms with van der Waals surface area (Å²) >= 11 is 6.38. The third-order valence-electron chi connectivity index (χ3n) is 4.29. The minimum Gasteiger partial charge on any atom is -0.493 e. The first-order valence-electron chi connectivity index (χ1n) is 8.97. The number of benzene rings is 3. The van der Waals surface area contributed by atoms with Gasteiger partial charge in [0.25, 0.3) is 0 Å². The molecule has 0 aliphatic carbocycles. The SMILES string of the molecule is CCc1ccc(N=Cc2cc(Cl)c(OCc3ccccc3F)c(OC)c2)cc1. The van der Waals surface area contributed by atoms with Gasteiger partial charge in [0.1, 0.15) is 12.4 Å². The Balaban J connectivity index is 1.78. The topological polar surface area (TPSA) is 30.8 Å². The smallest absolute Gasteiger partial charge is 0.180 e. The summed E-state index contributed by atoms with van der Waals surface area (Å²) in [6.07, 6.45) is 2.71. The van der Waals surface area contributed by atoms with Gasteiger partial charge in [0.05, 0.1) is 17.8 Å². The van der Waals surface area contributed by atoms with E-state index in [2.05, 4.69) is 24.0 Å². The first-order valence-corrected chi connectivity index (χ1v) is 9.35. The van der Waals surface area contributed by atoms with Crippen molar-refractivity contribution in [2.24, 2.45) is 4.99 Å². The van der Waals surface area contributed by atoms with Crippen molar-refractivity contribution >= 4 is 23.5 Å². The van der Waals surface area contributed by atoms with Crippen molar-refractivity contribution in [2.75, 3.05) is 7.11 Å². The van der Waals surface area contributed by atoms with Crippen LogP contribution < -0.4 is 9.47 Å². The van der Waals surface area contributed by atoms with E-state index in [1.165, 1.54) is 18.7 Å². The second-order valence-electron chi connectivity index (χ2n) is 6.19. The van der Waals surface area contributed by atoms with Gasteiger partial charge in [0.2, 0.25) is 0 Å². The normalized spacial score (nSPS) is 11.0. The number of nitrogens with zero attached hydrogens (tertiary/aromatic N) is 1. The molecule has 0 N–H and O–H groups in total. The third-order valence-corrected chi connectivity index (χ3v) is 4.57. The van der Waals surface area contributed by atoms with Gasteiger partial charge in [-0.3, -0.25) is 4.99 Å². The van der Waals surface area contributed by atoms with E-state index in [9.17, 15) is 4.39 Å². The van der Waals surface area contributed by atoms with Gasteiger partial charge in [0.15, 0.2) is 11.5 Å². The lowest BCUT2D eigenvalue weighted by Crippen LogP contribution is -2.01. The summed E-state index contributed by atoms with van der Waals surface area (Å²) in [5.74, 6) is 0.513. The summed E-state index contributed by atoms with van der Waals surface area (Å²) in [7, 11) is 1.53. The highest BCUT2D eigenvalue weighted by Crippen LogP contribution is 2.36. The zero-order valence-electron chi connectivity index (χ0n) is 15.8. The maximum absolute atomic E-state index is 13.8. The summed E-state index contributed by atoms with van der Waals surface area (Å²) < 4.78 is 24.9. The highest BCUT2D eigenvalue weighted by Gasteiger charge is 2.13. The maximum atomic E-state index is 13.8. The molecule has 3 nitrogen and oxygen atoms in total. The summed E-state index contributed by atoms with van der Waals surface area (Å²) in [5.41, 5.74) is 3.34. The molecule has 3 aromatic rings. The quantitative estimate of drug-likeness (QED) is 0.433. The van der Waals surface area contributed by atoms with Crippen LogP contribution in [0.15, 0.2) is 65.7 Å². The highest BCUT2D eigenvalue weighted by atomic mass is 35.5. The number of rotatable bonds is 7. The molecular weight excluding hydrogens is 377 g/mol. The zero-order chi connectivity index (χ0) is 19.9. The largest absolute Gasteiger partial charge is 0.493 e. The van der Waals surface area contributed by atoms with Crippen LogP contribution >= 0.6 is 11.6 Å². The first-order chi connectivity index (χ1) is 13.6. The van der Waals surface area contributed by atoms with E-state index in [4.69, 9.17) is 21.1 Å². The van der Waals surface area contributed by atoms with Crippen LogP contribution in [0.2, 0.25) is 5.02 Å². The van der Waals surface area contributed by atoms with Crippen molar-refractivity contribution in [3.8, 4) is 11.5 Å². The van der Waals surface area contributed by atoms with Gasteiger partial charge >= 0.3 is 0 Å². The van der Waals surface area contributed by atoms with Crippen LogP contribution in [0.1, 0.15) is 23.6 Å². The van der Waals surface area contributed by atoms with Gasteiger partial charge in [-0.25, -0.2) is 4.39 Å². The lowest BCUT2D eigenvalue weighted by Gasteiger charge is -2.13. The molecule has 0 amide bonds. The van der Waals surface area contributed by atoms with Crippen LogP contribution in [0.25, 0.3) is 0 Å². The van der Waals surface area contributed by atoms with Crippen LogP contribution in [0.5, 0.6) is 11.5 Å². The second kappa shape index (κ2) is 9.38. The monoisotopic (exact) mass is 397 g/mol. The fourth-order valence-electron chi connectivity index (χ4n) is 2.69. The van der Waals surface area contributed by atoms with Crippen LogP contribution in [0.4, 0.5) is 10.1 Å². The molecule has 144 valence electrons. The number of aliphatic imine (C=N–C) groups is 1. The van der Waals surface area contributed by atoms with Crippen molar-refractivity contribution in [3.05, 3.63) is 88.2 Å². The average molecular weight is 398 g/mol. The van der Waals surface area contributed by atoms with Crippen molar-refractivity contribution in [2.45, 2.75) is 20.0 Å². The molecular formula is C23H21ClFNO2. The van der Waals surface area contributed by atoms with E-state index >= 15 is 0 Å². The predicted molar refractivity (Wildman–Crippen MR) is 112 cm³/mol. The Labute approximate surface area is 169 Å². The van der Waals surface area contributed by atoms with Gasteiger partial charge in [-0.2, -0.15) is 0 Å². The molecule has 0 saturated carbocycles. The molecule has 0 aliphatic rings. The van der Waals surface area contributed by atoms with Crippen molar-refractivity contribution in [1.29, 1.82) is 0 Å². The van der Waals surface area contributed by atoms with E-state index in [-0.39, 0.29) is 12.4 Å². The number of ether oxygens (including phenoxy) is 2. The molecule has 0 spiro atoms. The molecule has 0 bridgehead atoms. The Morgan fingerprint density at radius 1 is 1.07 bits per heavy atom. The van der Waals surface area contributed by atoms with E-state index in [0.717, 1.165) is 17.7 Å². The molecule has 0 radical (unpaired) electrons. The second-order valence-corrected chi connectivity index (χ2v) is 6.60. The van der Waals surface area contributed by atoms with Gasteiger partial charge in [-0.1, -0.05) is 48.9 Å². The summed E-state index contributed by atoms with van der Waals surface area (Å²) in [4.78, 5) is 4.47. The summed E-state index contributed by atoms with van der Waals surface area (Å²) in [6.45, 7) is 2.17. The molecule has 0 aromatic heterocycles. The molecule has 0 saturated heterocycles. The summed E-state index contributed by atoms with van der Waals surface area (Å²) in [6, 6.07) is 18.0. The average Bonchev–Trinajstić information content (AvgIpc) is 2.72. The molecule has 0 fully saturated rings. The molecule has 3 rings (SSSR count). The third kappa shape index (κ3) is 4.90. The van der Waals surface area contributed by atoms with Crippen LogP contribution in [0.3, 0.4) is 0 Å². The van der Waals surface area contributed by atoms with E-state index < -0.39 is 0 Å². The Bertz CT molecular complexity index is 971. The number of hydrogen-bond donors (Lipinski definition) is 0. The van der Waals surface area contributed by atoms with Crippen LogP contribution in [0, 0.1) is 5.82 Å². The van der Waals surface area contributed by atoms with E-state index in [0.29, 0.717) is 22.1 Å². The molecule has 0 unspecified atom stereocenters. The maximum Gasteiger partial charge on any atom is 0.180 e. The van der Waals surface area contributed by atoms with E-state index in [1.54, 1.807) is 36.5 Å². The first kappa shape index (κ1) is 19.9. The van der Waals surface area contributed by atoms with Crippen molar-refractivity contribution in [1.82, 2.24) is 0 Å². The lowest BCUT2D eigenvalue weighted by molar-refractivity contribution is 0.280. The predicted octanol–water partition coefficient (Wildman–Crippen LogP) is 6.38. The van der Waals surface area contributed by atoms with Gasteiger partial charge in [-0.05, 0) is 47.9 Å². The minimum atomic E-state index is -0.324.